The van der Waals surface area contributed by atoms with E-state index >= 15 is 0 Å². The van der Waals surface area contributed by atoms with E-state index in [4.69, 9.17) is 14.2 Å². The molecule has 0 heterocycles. The van der Waals surface area contributed by atoms with Crippen LogP contribution in [0.5, 0.6) is 5.75 Å². The fourth-order valence-corrected chi connectivity index (χ4v) is 1.51. The molecule has 0 aliphatic rings. The molecule has 0 spiro atoms. The number of benzene rings is 1. The van der Waals surface area contributed by atoms with Crippen LogP contribution in [0.15, 0.2) is 24.3 Å². The second-order valence-electron chi connectivity index (χ2n) is 4.15. The molecule has 112 valence electrons. The molecular formula is C14H21NO5. The highest BCUT2D eigenvalue weighted by molar-refractivity contribution is 5.45. The molecule has 0 radical (unpaired) electrons. The smallest absolute Gasteiger partial charge is 0.310 e. The molecule has 0 aliphatic carbocycles. The van der Waals surface area contributed by atoms with Gasteiger partial charge in [0.25, 0.3) is 0 Å². The van der Waals surface area contributed by atoms with Gasteiger partial charge in [-0.3, -0.25) is 10.1 Å². The number of hydrogen-bond acceptors (Lipinski definition) is 5. The molecule has 1 aromatic rings. The first kappa shape index (κ1) is 16.4. The Hall–Kier alpha value is -1.66. The summed E-state index contributed by atoms with van der Waals surface area (Å²) in [4.78, 5) is 10.3. The largest absolute Gasteiger partial charge is 0.484 e. The summed E-state index contributed by atoms with van der Waals surface area (Å²) in [6, 6.07) is 6.30. The molecule has 20 heavy (non-hydrogen) atoms. The Morgan fingerprint density at radius 1 is 1.05 bits per heavy atom. The van der Waals surface area contributed by atoms with Gasteiger partial charge < -0.3 is 14.2 Å². The van der Waals surface area contributed by atoms with Gasteiger partial charge >= 0.3 is 5.69 Å². The lowest BCUT2D eigenvalue weighted by Crippen LogP contribution is -2.11. The maximum atomic E-state index is 10.8. The number of unbranched alkanes of at least 4 members (excludes halogenated alkanes) is 1. The fourth-order valence-electron chi connectivity index (χ4n) is 1.51. The van der Waals surface area contributed by atoms with Gasteiger partial charge in [-0.25, -0.2) is 0 Å². The summed E-state index contributed by atoms with van der Waals surface area (Å²) >= 11 is 0. The zero-order valence-electron chi connectivity index (χ0n) is 11.7. The number of rotatable bonds is 11. The van der Waals surface area contributed by atoms with Gasteiger partial charge in [-0.2, -0.15) is 0 Å². The number of ether oxygens (including phenoxy) is 3. The molecule has 0 bridgehead atoms. The number of nitrogens with zero attached hydrogens (tertiary/aromatic N) is 1. The van der Waals surface area contributed by atoms with E-state index in [0.717, 1.165) is 19.4 Å². The monoisotopic (exact) mass is 283 g/mol. The highest BCUT2D eigenvalue weighted by Crippen LogP contribution is 2.25. The van der Waals surface area contributed by atoms with Crippen LogP contribution in [-0.4, -0.2) is 38.0 Å². The van der Waals surface area contributed by atoms with Gasteiger partial charge in [0.05, 0.1) is 24.7 Å². The third-order valence-corrected chi connectivity index (χ3v) is 2.56. The molecule has 1 aromatic carbocycles. The van der Waals surface area contributed by atoms with E-state index in [0.29, 0.717) is 19.8 Å². The normalized spacial score (nSPS) is 10.4. The molecule has 0 aromatic heterocycles. The predicted octanol–water partition coefficient (Wildman–Crippen LogP) is 2.81. The molecule has 0 amide bonds. The standard InChI is InChI=1S/C14H21NO5/c1-2-3-8-18-9-10-19-11-12-20-14-7-5-4-6-13(14)15(16)17/h4-7H,2-3,8-12H2,1H3. The van der Waals surface area contributed by atoms with Crippen molar-refractivity contribution >= 4 is 5.69 Å². The molecule has 0 unspecified atom stereocenters. The Morgan fingerprint density at radius 3 is 2.40 bits per heavy atom. The molecule has 0 saturated heterocycles. The average Bonchev–Trinajstić information content (AvgIpc) is 2.46. The van der Waals surface area contributed by atoms with Gasteiger partial charge in [0.1, 0.15) is 6.61 Å². The Kier molecular flexibility index (Phi) is 8.33. The van der Waals surface area contributed by atoms with Crippen molar-refractivity contribution in [2.75, 3.05) is 33.0 Å². The second-order valence-corrected chi connectivity index (χ2v) is 4.15. The van der Waals surface area contributed by atoms with Crippen molar-refractivity contribution < 1.29 is 19.1 Å². The van der Waals surface area contributed by atoms with Crippen molar-refractivity contribution in [2.45, 2.75) is 19.8 Å². The summed E-state index contributed by atoms with van der Waals surface area (Å²) in [7, 11) is 0. The van der Waals surface area contributed by atoms with Crippen LogP contribution in [0.4, 0.5) is 5.69 Å². The van der Waals surface area contributed by atoms with E-state index in [1.807, 2.05) is 0 Å². The zero-order chi connectivity index (χ0) is 14.6. The van der Waals surface area contributed by atoms with E-state index in [1.165, 1.54) is 6.07 Å². The summed E-state index contributed by atoms with van der Waals surface area (Å²) in [6.45, 7) is 4.59. The topological polar surface area (TPSA) is 70.8 Å². The van der Waals surface area contributed by atoms with Crippen LogP contribution in [0.3, 0.4) is 0 Å². The van der Waals surface area contributed by atoms with Crippen LogP contribution in [-0.2, 0) is 9.47 Å². The minimum atomic E-state index is -0.461. The van der Waals surface area contributed by atoms with Crippen LogP contribution in [0.2, 0.25) is 0 Å². The Bertz CT molecular complexity index is 397. The summed E-state index contributed by atoms with van der Waals surface area (Å²) in [5.41, 5.74) is -0.0320. The van der Waals surface area contributed by atoms with Gasteiger partial charge in [-0.05, 0) is 12.5 Å². The fraction of sp³-hybridized carbons (Fsp3) is 0.571. The zero-order valence-corrected chi connectivity index (χ0v) is 11.7. The van der Waals surface area contributed by atoms with Crippen LogP contribution in [0.1, 0.15) is 19.8 Å². The number of nitro groups is 1. The SMILES string of the molecule is CCCCOCCOCCOc1ccccc1[N+](=O)[O-]. The van der Waals surface area contributed by atoms with Crippen molar-refractivity contribution in [3.8, 4) is 5.75 Å². The van der Waals surface area contributed by atoms with Crippen LogP contribution >= 0.6 is 0 Å². The van der Waals surface area contributed by atoms with Gasteiger partial charge in [-0.15, -0.1) is 0 Å². The third kappa shape index (κ3) is 6.49. The van der Waals surface area contributed by atoms with Crippen LogP contribution < -0.4 is 4.74 Å². The highest BCUT2D eigenvalue weighted by atomic mass is 16.6. The summed E-state index contributed by atoms with van der Waals surface area (Å²) in [5, 5.41) is 10.8. The minimum absolute atomic E-state index is 0.0320. The van der Waals surface area contributed by atoms with E-state index in [1.54, 1.807) is 18.2 Å². The van der Waals surface area contributed by atoms with E-state index in [9.17, 15) is 10.1 Å². The summed E-state index contributed by atoms with van der Waals surface area (Å²) < 4.78 is 16.0. The van der Waals surface area contributed by atoms with Crippen molar-refractivity contribution in [3.63, 3.8) is 0 Å². The first-order valence-electron chi connectivity index (χ1n) is 6.77. The highest BCUT2D eigenvalue weighted by Gasteiger charge is 2.12. The molecule has 6 nitrogen and oxygen atoms in total. The number of hydrogen-bond donors (Lipinski definition) is 0. The number of nitro benzene ring substituents is 1. The Morgan fingerprint density at radius 2 is 1.70 bits per heavy atom. The molecule has 0 saturated carbocycles. The lowest BCUT2D eigenvalue weighted by molar-refractivity contribution is -0.385. The average molecular weight is 283 g/mol. The van der Waals surface area contributed by atoms with Crippen LogP contribution in [0, 0.1) is 10.1 Å². The van der Waals surface area contributed by atoms with Crippen molar-refractivity contribution in [2.24, 2.45) is 0 Å². The predicted molar refractivity (Wildman–Crippen MR) is 75.1 cm³/mol. The second kappa shape index (κ2) is 10.2. The van der Waals surface area contributed by atoms with E-state index in [2.05, 4.69) is 6.92 Å². The summed E-state index contributed by atoms with van der Waals surface area (Å²) in [6.07, 6.45) is 2.17. The lowest BCUT2D eigenvalue weighted by Gasteiger charge is -2.07. The van der Waals surface area contributed by atoms with Gasteiger partial charge in [-0.1, -0.05) is 25.5 Å². The first-order valence-corrected chi connectivity index (χ1v) is 6.77. The van der Waals surface area contributed by atoms with Crippen molar-refractivity contribution in [3.05, 3.63) is 34.4 Å². The summed E-state index contributed by atoms with van der Waals surface area (Å²) in [5.74, 6) is 0.264. The van der Waals surface area contributed by atoms with E-state index < -0.39 is 4.92 Å². The van der Waals surface area contributed by atoms with Gasteiger partial charge in [0.15, 0.2) is 5.75 Å². The number of para-hydroxylation sites is 2. The van der Waals surface area contributed by atoms with Crippen molar-refractivity contribution in [1.29, 1.82) is 0 Å². The molecule has 1 rings (SSSR count). The quantitative estimate of drug-likeness (QED) is 0.355. The third-order valence-electron chi connectivity index (χ3n) is 2.56. The maximum Gasteiger partial charge on any atom is 0.310 e. The van der Waals surface area contributed by atoms with E-state index in [-0.39, 0.29) is 18.0 Å². The maximum absolute atomic E-state index is 10.8. The molecule has 0 N–H and O–H groups in total. The Labute approximate surface area is 118 Å². The molecule has 0 fully saturated rings. The molecule has 0 aliphatic heterocycles. The van der Waals surface area contributed by atoms with Crippen molar-refractivity contribution in [1.82, 2.24) is 0 Å². The van der Waals surface area contributed by atoms with Gasteiger partial charge in [0.2, 0.25) is 0 Å². The molecule has 6 heteroatoms. The lowest BCUT2D eigenvalue weighted by atomic mass is 10.3. The molecule has 0 atom stereocenters. The minimum Gasteiger partial charge on any atom is -0.484 e. The Balaban J connectivity index is 2.11. The van der Waals surface area contributed by atoms with Crippen LogP contribution in [0.25, 0.3) is 0 Å². The molecular weight excluding hydrogens is 262 g/mol. The van der Waals surface area contributed by atoms with Gasteiger partial charge in [0, 0.05) is 12.7 Å². The first-order chi connectivity index (χ1) is 9.75.